The van der Waals surface area contributed by atoms with Crippen LogP contribution in [-0.2, 0) is 0 Å². The highest BCUT2D eigenvalue weighted by Crippen LogP contribution is 2.27. The molecule has 0 radical (unpaired) electrons. The number of aliphatic hydroxyl groups excluding tert-OH is 1. The van der Waals surface area contributed by atoms with Crippen LogP contribution in [0.5, 0.6) is 0 Å². The summed E-state index contributed by atoms with van der Waals surface area (Å²) in [5.74, 6) is 0. The molecule has 0 aliphatic rings. The smallest absolute Gasteiger partial charge is 0.0446 e. The summed E-state index contributed by atoms with van der Waals surface area (Å²) in [4.78, 5) is 0. The first-order valence-corrected chi connectivity index (χ1v) is 7.61. The van der Waals surface area contributed by atoms with Gasteiger partial charge in [0.05, 0.1) is 0 Å². The molecule has 1 aromatic rings. The highest BCUT2D eigenvalue weighted by molar-refractivity contribution is 5.38. The fraction of sp³-hybridized carbons (Fsp3) is 0.667. The summed E-state index contributed by atoms with van der Waals surface area (Å²) < 4.78 is 0. The summed E-state index contributed by atoms with van der Waals surface area (Å²) in [7, 11) is 0. The maximum Gasteiger partial charge on any atom is 0.0446 e. The number of aryl methyl sites for hydroxylation is 3. The lowest BCUT2D eigenvalue weighted by Gasteiger charge is -2.34. The number of aliphatic hydroxyl groups is 1. The average Bonchev–Trinajstić information content (AvgIpc) is 2.32. The summed E-state index contributed by atoms with van der Waals surface area (Å²) in [6.45, 7) is 15.6. The van der Waals surface area contributed by atoms with Crippen molar-refractivity contribution in [3.05, 3.63) is 34.4 Å². The predicted molar refractivity (Wildman–Crippen MR) is 87.1 cm³/mol. The molecule has 1 rings (SSSR count). The Balaban J connectivity index is 2.94. The third-order valence-corrected chi connectivity index (χ3v) is 4.26. The van der Waals surface area contributed by atoms with E-state index < -0.39 is 0 Å². The lowest BCUT2D eigenvalue weighted by Crippen LogP contribution is -2.42. The Bertz CT molecular complexity index is 445. The number of rotatable bonds is 5. The standard InChI is InChI=1S/C18H31NO/c1-12-10-14(3)16(11-13(12)2)15(4)19-17(8-9-20)18(5,6)7/h10-11,15,17,19-20H,8-9H2,1-7H3. The second-order valence-corrected chi connectivity index (χ2v) is 7.11. The molecule has 1 aromatic carbocycles. The first-order valence-electron chi connectivity index (χ1n) is 7.61. The number of hydrogen-bond acceptors (Lipinski definition) is 2. The zero-order valence-electron chi connectivity index (χ0n) is 14.2. The molecule has 2 heteroatoms. The minimum atomic E-state index is 0.143. The molecule has 0 amide bonds. The highest BCUT2D eigenvalue weighted by atomic mass is 16.3. The van der Waals surface area contributed by atoms with Crippen molar-refractivity contribution in [3.63, 3.8) is 0 Å². The zero-order chi connectivity index (χ0) is 15.5. The second-order valence-electron chi connectivity index (χ2n) is 7.11. The quantitative estimate of drug-likeness (QED) is 0.850. The molecule has 0 saturated carbocycles. The van der Waals surface area contributed by atoms with Crippen molar-refractivity contribution in [1.82, 2.24) is 5.32 Å². The van der Waals surface area contributed by atoms with E-state index in [1.54, 1.807) is 0 Å². The summed E-state index contributed by atoms with van der Waals surface area (Å²) in [6, 6.07) is 5.16. The minimum Gasteiger partial charge on any atom is -0.396 e. The summed E-state index contributed by atoms with van der Waals surface area (Å²) in [5.41, 5.74) is 5.53. The highest BCUT2D eigenvalue weighted by Gasteiger charge is 2.26. The molecule has 0 bridgehead atoms. The molecule has 0 heterocycles. The van der Waals surface area contributed by atoms with Crippen LogP contribution in [0.4, 0.5) is 0 Å². The van der Waals surface area contributed by atoms with Gasteiger partial charge in [-0.15, -0.1) is 0 Å². The van der Waals surface area contributed by atoms with Crippen LogP contribution >= 0.6 is 0 Å². The van der Waals surface area contributed by atoms with E-state index in [-0.39, 0.29) is 12.0 Å². The predicted octanol–water partition coefficient (Wildman–Crippen LogP) is 4.06. The van der Waals surface area contributed by atoms with Gasteiger partial charge in [0.15, 0.2) is 0 Å². The van der Waals surface area contributed by atoms with Gasteiger partial charge in [-0.2, -0.15) is 0 Å². The molecular weight excluding hydrogens is 246 g/mol. The third kappa shape index (κ3) is 4.32. The largest absolute Gasteiger partial charge is 0.396 e. The Kier molecular flexibility index (Phi) is 5.79. The van der Waals surface area contributed by atoms with Crippen LogP contribution in [0, 0.1) is 26.2 Å². The van der Waals surface area contributed by atoms with Gasteiger partial charge in [0.2, 0.25) is 0 Å². The fourth-order valence-electron chi connectivity index (χ4n) is 2.74. The number of nitrogens with one attached hydrogen (secondary N) is 1. The Morgan fingerprint density at radius 1 is 1.05 bits per heavy atom. The summed E-state index contributed by atoms with van der Waals surface area (Å²) >= 11 is 0. The van der Waals surface area contributed by atoms with Crippen LogP contribution in [0.3, 0.4) is 0 Å². The molecule has 2 nitrogen and oxygen atoms in total. The summed E-state index contributed by atoms with van der Waals surface area (Å²) in [6.07, 6.45) is 0.789. The van der Waals surface area contributed by atoms with E-state index in [4.69, 9.17) is 0 Å². The van der Waals surface area contributed by atoms with E-state index in [0.717, 1.165) is 6.42 Å². The van der Waals surface area contributed by atoms with Gasteiger partial charge in [0.1, 0.15) is 0 Å². The normalized spacial score (nSPS) is 15.2. The maximum absolute atomic E-state index is 9.28. The van der Waals surface area contributed by atoms with Gasteiger partial charge < -0.3 is 10.4 Å². The van der Waals surface area contributed by atoms with Crippen molar-refractivity contribution in [2.24, 2.45) is 5.41 Å². The maximum atomic E-state index is 9.28. The molecule has 0 aliphatic heterocycles. The van der Waals surface area contributed by atoms with Gasteiger partial charge in [-0.1, -0.05) is 32.9 Å². The van der Waals surface area contributed by atoms with Crippen LogP contribution in [0.25, 0.3) is 0 Å². The van der Waals surface area contributed by atoms with E-state index >= 15 is 0 Å². The van der Waals surface area contributed by atoms with Gasteiger partial charge >= 0.3 is 0 Å². The van der Waals surface area contributed by atoms with Crippen molar-refractivity contribution in [2.45, 2.75) is 67.0 Å². The second kappa shape index (κ2) is 6.73. The molecule has 114 valence electrons. The zero-order valence-corrected chi connectivity index (χ0v) is 14.2. The SMILES string of the molecule is Cc1cc(C)c(C(C)NC(CCO)C(C)(C)C)cc1C. The van der Waals surface area contributed by atoms with E-state index in [9.17, 15) is 5.11 Å². The molecule has 2 atom stereocenters. The van der Waals surface area contributed by atoms with Crippen LogP contribution in [-0.4, -0.2) is 17.8 Å². The molecule has 0 saturated heterocycles. The molecule has 0 spiro atoms. The van der Waals surface area contributed by atoms with Gasteiger partial charge in [-0.3, -0.25) is 0 Å². The summed E-state index contributed by atoms with van der Waals surface area (Å²) in [5, 5.41) is 13.0. The molecule has 0 aromatic heterocycles. The average molecular weight is 277 g/mol. The fourth-order valence-corrected chi connectivity index (χ4v) is 2.74. The Morgan fingerprint density at radius 3 is 2.10 bits per heavy atom. The van der Waals surface area contributed by atoms with Crippen molar-refractivity contribution >= 4 is 0 Å². The Labute approximate surface area is 124 Å². The third-order valence-electron chi connectivity index (χ3n) is 4.26. The Morgan fingerprint density at radius 2 is 1.60 bits per heavy atom. The molecule has 0 fully saturated rings. The van der Waals surface area contributed by atoms with E-state index in [0.29, 0.717) is 12.1 Å². The van der Waals surface area contributed by atoms with Gasteiger partial charge in [-0.05, 0) is 61.8 Å². The first kappa shape index (κ1) is 17.2. The minimum absolute atomic E-state index is 0.143. The molecule has 2 N–H and O–H groups in total. The molecular formula is C18H31NO. The van der Waals surface area contributed by atoms with Gasteiger partial charge in [0, 0.05) is 18.7 Å². The van der Waals surface area contributed by atoms with Crippen LogP contribution in [0.1, 0.15) is 62.4 Å². The van der Waals surface area contributed by atoms with Crippen LogP contribution in [0.2, 0.25) is 0 Å². The van der Waals surface area contributed by atoms with E-state index in [2.05, 4.69) is 65.9 Å². The van der Waals surface area contributed by atoms with Crippen molar-refractivity contribution in [1.29, 1.82) is 0 Å². The van der Waals surface area contributed by atoms with Gasteiger partial charge in [0.25, 0.3) is 0 Å². The van der Waals surface area contributed by atoms with Crippen LogP contribution < -0.4 is 5.32 Å². The monoisotopic (exact) mass is 277 g/mol. The number of benzene rings is 1. The first-order chi connectivity index (χ1) is 9.16. The van der Waals surface area contributed by atoms with E-state index in [1.165, 1.54) is 22.3 Å². The van der Waals surface area contributed by atoms with Crippen molar-refractivity contribution in [3.8, 4) is 0 Å². The molecule has 2 unspecified atom stereocenters. The van der Waals surface area contributed by atoms with Gasteiger partial charge in [-0.25, -0.2) is 0 Å². The molecule has 20 heavy (non-hydrogen) atoms. The molecule has 0 aliphatic carbocycles. The van der Waals surface area contributed by atoms with E-state index in [1.807, 2.05) is 0 Å². The number of hydrogen-bond donors (Lipinski definition) is 2. The lowest BCUT2D eigenvalue weighted by atomic mass is 9.84. The van der Waals surface area contributed by atoms with Crippen molar-refractivity contribution < 1.29 is 5.11 Å². The Hall–Kier alpha value is -0.860. The topological polar surface area (TPSA) is 32.3 Å². The lowest BCUT2D eigenvalue weighted by molar-refractivity contribution is 0.188. The van der Waals surface area contributed by atoms with Crippen LogP contribution in [0.15, 0.2) is 12.1 Å². The van der Waals surface area contributed by atoms with Crippen molar-refractivity contribution in [2.75, 3.05) is 6.61 Å².